The third kappa shape index (κ3) is 1.76. The Labute approximate surface area is 102 Å². The zero-order chi connectivity index (χ0) is 12.0. The number of fused-ring (bicyclic) bond motifs is 2. The van der Waals surface area contributed by atoms with Crippen LogP contribution in [-0.2, 0) is 6.42 Å². The van der Waals surface area contributed by atoms with Crippen molar-refractivity contribution in [2.75, 3.05) is 0 Å². The van der Waals surface area contributed by atoms with Crippen LogP contribution in [0, 0.1) is 5.41 Å². The fraction of sp³-hybridized carbons (Fsp3) is 0.312. The van der Waals surface area contributed by atoms with Crippen molar-refractivity contribution in [1.82, 2.24) is 0 Å². The second-order valence-electron chi connectivity index (χ2n) is 5.81. The lowest BCUT2D eigenvalue weighted by Gasteiger charge is -2.17. The van der Waals surface area contributed by atoms with E-state index in [9.17, 15) is 0 Å². The minimum atomic E-state index is 0.172. The Hall–Kier alpha value is -1.63. The van der Waals surface area contributed by atoms with Crippen molar-refractivity contribution in [3.63, 3.8) is 0 Å². The standard InChI is InChI=1S/C16H17N/c1-16(2,3)15-10-13-8-11-6-4-5-7-12(11)9-14(13)17-15/h4-9H,10H2,1-3H3. The average Bonchev–Trinajstić information content (AvgIpc) is 2.68. The van der Waals surface area contributed by atoms with E-state index in [2.05, 4.69) is 57.2 Å². The van der Waals surface area contributed by atoms with Gasteiger partial charge in [-0.15, -0.1) is 0 Å². The molecule has 0 N–H and O–H groups in total. The van der Waals surface area contributed by atoms with Crippen LogP contribution in [0.15, 0.2) is 41.4 Å². The van der Waals surface area contributed by atoms with Crippen LogP contribution in [0.1, 0.15) is 26.3 Å². The molecule has 3 rings (SSSR count). The third-order valence-electron chi connectivity index (χ3n) is 3.43. The van der Waals surface area contributed by atoms with Crippen LogP contribution in [0.2, 0.25) is 0 Å². The van der Waals surface area contributed by atoms with E-state index in [0.717, 1.165) is 12.1 Å². The number of aliphatic imine (C=N–C) groups is 1. The second-order valence-corrected chi connectivity index (χ2v) is 5.81. The lowest BCUT2D eigenvalue weighted by atomic mass is 9.87. The van der Waals surface area contributed by atoms with Gasteiger partial charge in [0, 0.05) is 17.5 Å². The van der Waals surface area contributed by atoms with E-state index in [4.69, 9.17) is 4.99 Å². The summed E-state index contributed by atoms with van der Waals surface area (Å²) in [7, 11) is 0. The molecule has 0 radical (unpaired) electrons. The van der Waals surface area contributed by atoms with Crippen LogP contribution in [0.25, 0.3) is 10.8 Å². The van der Waals surface area contributed by atoms with Gasteiger partial charge in [-0.2, -0.15) is 0 Å². The number of nitrogens with zero attached hydrogens (tertiary/aromatic N) is 1. The maximum absolute atomic E-state index is 4.79. The Morgan fingerprint density at radius 3 is 2.29 bits per heavy atom. The Kier molecular flexibility index (Phi) is 2.12. The van der Waals surface area contributed by atoms with E-state index in [1.165, 1.54) is 22.0 Å². The van der Waals surface area contributed by atoms with Gasteiger partial charge in [-0.25, -0.2) is 0 Å². The molecule has 1 heteroatoms. The van der Waals surface area contributed by atoms with E-state index in [1.54, 1.807) is 0 Å². The van der Waals surface area contributed by atoms with E-state index >= 15 is 0 Å². The Morgan fingerprint density at radius 1 is 1.00 bits per heavy atom. The first-order chi connectivity index (χ1) is 8.04. The van der Waals surface area contributed by atoms with Crippen molar-refractivity contribution in [3.05, 3.63) is 42.0 Å². The zero-order valence-electron chi connectivity index (χ0n) is 10.6. The number of hydrogen-bond acceptors (Lipinski definition) is 1. The molecule has 1 nitrogen and oxygen atoms in total. The molecule has 17 heavy (non-hydrogen) atoms. The molecule has 1 heterocycles. The Morgan fingerprint density at radius 2 is 1.65 bits per heavy atom. The van der Waals surface area contributed by atoms with Crippen molar-refractivity contribution in [2.24, 2.45) is 10.4 Å². The summed E-state index contributed by atoms with van der Waals surface area (Å²) in [5.41, 5.74) is 4.00. The van der Waals surface area contributed by atoms with Crippen LogP contribution < -0.4 is 0 Å². The molecule has 1 aliphatic rings. The predicted molar refractivity (Wildman–Crippen MR) is 74.2 cm³/mol. The highest BCUT2D eigenvalue weighted by Crippen LogP contribution is 2.35. The van der Waals surface area contributed by atoms with Crippen LogP contribution in [-0.4, -0.2) is 5.71 Å². The highest BCUT2D eigenvalue weighted by molar-refractivity contribution is 6.00. The fourth-order valence-corrected chi connectivity index (χ4v) is 2.32. The first kappa shape index (κ1) is 10.5. The van der Waals surface area contributed by atoms with Crippen LogP contribution in [0.3, 0.4) is 0 Å². The number of hydrogen-bond donors (Lipinski definition) is 0. The molecular formula is C16H17N. The van der Waals surface area contributed by atoms with E-state index in [1.807, 2.05) is 0 Å². The maximum Gasteiger partial charge on any atom is 0.0671 e. The van der Waals surface area contributed by atoms with Gasteiger partial charge < -0.3 is 0 Å². The molecule has 0 bridgehead atoms. The SMILES string of the molecule is CC(C)(C)C1=Nc2cc3ccccc3cc2C1. The second kappa shape index (κ2) is 3.43. The minimum Gasteiger partial charge on any atom is -0.257 e. The average molecular weight is 223 g/mol. The van der Waals surface area contributed by atoms with Gasteiger partial charge in [0.1, 0.15) is 0 Å². The lowest BCUT2D eigenvalue weighted by Crippen LogP contribution is -2.19. The smallest absolute Gasteiger partial charge is 0.0671 e. The van der Waals surface area contributed by atoms with Crippen LogP contribution in [0.5, 0.6) is 0 Å². The molecule has 0 atom stereocenters. The molecule has 2 aromatic rings. The van der Waals surface area contributed by atoms with Gasteiger partial charge in [-0.1, -0.05) is 45.0 Å². The molecule has 0 aromatic heterocycles. The zero-order valence-corrected chi connectivity index (χ0v) is 10.6. The van der Waals surface area contributed by atoms with Gasteiger partial charge in [0.2, 0.25) is 0 Å². The van der Waals surface area contributed by atoms with Crippen LogP contribution in [0.4, 0.5) is 5.69 Å². The predicted octanol–water partition coefficient (Wildman–Crippen LogP) is 4.51. The van der Waals surface area contributed by atoms with Crippen LogP contribution >= 0.6 is 0 Å². The summed E-state index contributed by atoms with van der Waals surface area (Å²) in [6, 6.07) is 13.0. The summed E-state index contributed by atoms with van der Waals surface area (Å²) < 4.78 is 0. The molecule has 0 saturated carbocycles. The van der Waals surface area contributed by atoms with Crippen molar-refractivity contribution in [2.45, 2.75) is 27.2 Å². The topological polar surface area (TPSA) is 12.4 Å². The summed E-state index contributed by atoms with van der Waals surface area (Å²) >= 11 is 0. The minimum absolute atomic E-state index is 0.172. The lowest BCUT2D eigenvalue weighted by molar-refractivity contribution is 0.584. The number of rotatable bonds is 0. The quantitative estimate of drug-likeness (QED) is 0.623. The van der Waals surface area contributed by atoms with E-state index < -0.39 is 0 Å². The normalized spacial score (nSPS) is 14.9. The number of benzene rings is 2. The molecule has 0 fully saturated rings. The largest absolute Gasteiger partial charge is 0.257 e. The van der Waals surface area contributed by atoms with Gasteiger partial charge in [-0.05, 0) is 28.5 Å². The molecule has 1 aliphatic heterocycles. The summed E-state index contributed by atoms with van der Waals surface area (Å²) in [4.78, 5) is 4.79. The van der Waals surface area contributed by atoms with Crippen molar-refractivity contribution >= 4 is 22.2 Å². The molecule has 86 valence electrons. The molecule has 0 aliphatic carbocycles. The van der Waals surface area contributed by atoms with Gasteiger partial charge in [0.05, 0.1) is 5.69 Å². The molecule has 0 spiro atoms. The first-order valence-corrected chi connectivity index (χ1v) is 6.14. The third-order valence-corrected chi connectivity index (χ3v) is 3.43. The molecule has 0 unspecified atom stereocenters. The maximum atomic E-state index is 4.79. The molecule has 0 saturated heterocycles. The molecule has 2 aromatic carbocycles. The summed E-state index contributed by atoms with van der Waals surface area (Å²) in [5.74, 6) is 0. The monoisotopic (exact) mass is 223 g/mol. The van der Waals surface area contributed by atoms with E-state index in [0.29, 0.717) is 0 Å². The van der Waals surface area contributed by atoms with Crippen molar-refractivity contribution < 1.29 is 0 Å². The van der Waals surface area contributed by atoms with Gasteiger partial charge in [-0.3, -0.25) is 4.99 Å². The molecule has 0 amide bonds. The van der Waals surface area contributed by atoms with Gasteiger partial charge in [0.25, 0.3) is 0 Å². The summed E-state index contributed by atoms with van der Waals surface area (Å²) in [6.45, 7) is 6.70. The highest BCUT2D eigenvalue weighted by atomic mass is 14.8. The first-order valence-electron chi connectivity index (χ1n) is 6.14. The van der Waals surface area contributed by atoms with Crippen molar-refractivity contribution in [3.8, 4) is 0 Å². The Bertz CT molecular complexity index is 615. The summed E-state index contributed by atoms with van der Waals surface area (Å²) in [6.07, 6.45) is 1.00. The van der Waals surface area contributed by atoms with Gasteiger partial charge >= 0.3 is 0 Å². The van der Waals surface area contributed by atoms with Crippen molar-refractivity contribution in [1.29, 1.82) is 0 Å². The highest BCUT2D eigenvalue weighted by Gasteiger charge is 2.25. The van der Waals surface area contributed by atoms with Gasteiger partial charge in [0.15, 0.2) is 0 Å². The fourth-order valence-electron chi connectivity index (χ4n) is 2.32. The molecular weight excluding hydrogens is 206 g/mol. The van der Waals surface area contributed by atoms with E-state index in [-0.39, 0.29) is 5.41 Å². The Balaban J connectivity index is 2.14. The summed E-state index contributed by atoms with van der Waals surface area (Å²) in [5, 5.41) is 2.60.